The third kappa shape index (κ3) is 3.71. The van der Waals surface area contributed by atoms with Crippen LogP contribution in [-0.2, 0) is 4.79 Å². The van der Waals surface area contributed by atoms with E-state index in [9.17, 15) is 14.7 Å². The maximum atomic E-state index is 11.1. The van der Waals surface area contributed by atoms with Crippen molar-refractivity contribution >= 4 is 17.1 Å². The van der Waals surface area contributed by atoms with Gasteiger partial charge in [0.05, 0.1) is 18.0 Å². The Kier molecular flexibility index (Phi) is 4.44. The highest BCUT2D eigenvalue weighted by Gasteiger charge is 2.24. The van der Waals surface area contributed by atoms with Crippen LogP contribution >= 0.6 is 0 Å². The number of oxazole rings is 1. The molecular formula is C14H18N2O5. The summed E-state index contributed by atoms with van der Waals surface area (Å²) in [4.78, 5) is 24.6. The molecule has 0 spiro atoms. The monoisotopic (exact) mass is 294 g/mol. The molecule has 21 heavy (non-hydrogen) atoms. The van der Waals surface area contributed by atoms with Gasteiger partial charge in [0.15, 0.2) is 5.58 Å². The molecule has 0 radical (unpaired) electrons. The number of carboxylic acids is 1. The first-order valence-electron chi connectivity index (χ1n) is 6.65. The van der Waals surface area contributed by atoms with Crippen molar-refractivity contribution in [3.63, 3.8) is 0 Å². The average Bonchev–Trinajstić information content (AvgIpc) is 2.74. The zero-order valence-corrected chi connectivity index (χ0v) is 11.8. The molecule has 0 amide bonds. The van der Waals surface area contributed by atoms with Crippen LogP contribution in [0.15, 0.2) is 27.4 Å². The minimum absolute atomic E-state index is 0.0259. The van der Waals surface area contributed by atoms with Gasteiger partial charge in [-0.3, -0.25) is 9.78 Å². The molecule has 0 aliphatic carbocycles. The lowest BCUT2D eigenvalue weighted by Crippen LogP contribution is -2.40. The van der Waals surface area contributed by atoms with Gasteiger partial charge in [-0.25, -0.2) is 4.79 Å². The largest absolute Gasteiger partial charge is 0.481 e. The third-order valence-electron chi connectivity index (χ3n) is 3.11. The van der Waals surface area contributed by atoms with E-state index in [1.54, 1.807) is 12.1 Å². The van der Waals surface area contributed by atoms with Gasteiger partial charge in [-0.1, -0.05) is 19.9 Å². The molecule has 2 rings (SSSR count). The molecular weight excluding hydrogens is 276 g/mol. The van der Waals surface area contributed by atoms with E-state index in [1.807, 2.05) is 13.8 Å². The van der Waals surface area contributed by atoms with Gasteiger partial charge in [0.2, 0.25) is 0 Å². The van der Waals surface area contributed by atoms with E-state index >= 15 is 0 Å². The molecule has 1 aromatic carbocycles. The molecule has 0 fully saturated rings. The lowest BCUT2D eigenvalue weighted by atomic mass is 9.98. The van der Waals surface area contributed by atoms with Crippen molar-refractivity contribution in [2.24, 2.45) is 0 Å². The standard InChI is InChI=1S/C14H18N2O5/c1-7(2)15-10(6-12(17)18)13(19)8-3-4-9-11(5-8)21-14(20)16-9/h3-5,7,10,13,15,19H,6H2,1-2H3,(H,16,20)(H,17,18). The maximum Gasteiger partial charge on any atom is 0.417 e. The maximum absolute atomic E-state index is 11.1. The summed E-state index contributed by atoms with van der Waals surface area (Å²) in [5.74, 6) is -1.57. The van der Waals surface area contributed by atoms with Gasteiger partial charge in [-0.05, 0) is 17.7 Å². The molecule has 114 valence electrons. The Labute approximate surface area is 120 Å². The Morgan fingerprint density at radius 3 is 2.76 bits per heavy atom. The van der Waals surface area contributed by atoms with Crippen LogP contribution in [0.4, 0.5) is 0 Å². The molecule has 2 atom stereocenters. The van der Waals surface area contributed by atoms with E-state index in [1.165, 1.54) is 6.07 Å². The van der Waals surface area contributed by atoms with Gasteiger partial charge in [0.25, 0.3) is 0 Å². The van der Waals surface area contributed by atoms with Crippen molar-refractivity contribution < 1.29 is 19.4 Å². The quantitative estimate of drug-likeness (QED) is 0.631. The molecule has 0 aliphatic heterocycles. The molecule has 1 aromatic heterocycles. The number of hydrogen-bond donors (Lipinski definition) is 4. The number of carboxylic acid groups (broad SMARTS) is 1. The summed E-state index contributed by atoms with van der Waals surface area (Å²) in [6.07, 6.45) is -1.23. The normalized spacial score (nSPS) is 14.5. The number of fused-ring (bicyclic) bond motifs is 1. The fourth-order valence-electron chi connectivity index (χ4n) is 2.26. The number of rotatable bonds is 6. The molecule has 7 nitrogen and oxygen atoms in total. The number of aromatic amines is 1. The summed E-state index contributed by atoms with van der Waals surface area (Å²) < 4.78 is 4.94. The minimum Gasteiger partial charge on any atom is -0.481 e. The van der Waals surface area contributed by atoms with Crippen LogP contribution in [-0.4, -0.2) is 33.3 Å². The van der Waals surface area contributed by atoms with Crippen LogP contribution in [0.3, 0.4) is 0 Å². The third-order valence-corrected chi connectivity index (χ3v) is 3.11. The van der Waals surface area contributed by atoms with Crippen LogP contribution in [0.2, 0.25) is 0 Å². The van der Waals surface area contributed by atoms with Crippen molar-refractivity contribution in [3.05, 3.63) is 34.3 Å². The number of H-pyrrole nitrogens is 1. The molecule has 0 saturated heterocycles. The van der Waals surface area contributed by atoms with Crippen LogP contribution < -0.4 is 11.1 Å². The van der Waals surface area contributed by atoms with Gasteiger partial charge < -0.3 is 19.9 Å². The van der Waals surface area contributed by atoms with Crippen molar-refractivity contribution in [1.82, 2.24) is 10.3 Å². The van der Waals surface area contributed by atoms with E-state index in [-0.39, 0.29) is 12.5 Å². The number of aliphatic carboxylic acids is 1. The molecule has 1 heterocycles. The number of carbonyl (C=O) groups is 1. The molecule has 7 heteroatoms. The smallest absolute Gasteiger partial charge is 0.417 e. The predicted octanol–water partition coefficient (Wildman–Crippen LogP) is 0.996. The highest BCUT2D eigenvalue weighted by Crippen LogP contribution is 2.23. The van der Waals surface area contributed by atoms with Gasteiger partial charge in [-0.15, -0.1) is 0 Å². The van der Waals surface area contributed by atoms with Crippen LogP contribution in [0, 0.1) is 0 Å². The number of aliphatic hydroxyl groups is 1. The molecule has 0 aliphatic rings. The summed E-state index contributed by atoms with van der Waals surface area (Å²) in [7, 11) is 0. The molecule has 2 aromatic rings. The number of nitrogens with one attached hydrogen (secondary N) is 2. The Hall–Kier alpha value is -2.12. The lowest BCUT2D eigenvalue weighted by molar-refractivity contribution is -0.138. The summed E-state index contributed by atoms with van der Waals surface area (Å²) in [6.45, 7) is 3.74. The Morgan fingerprint density at radius 2 is 2.14 bits per heavy atom. The molecule has 4 N–H and O–H groups in total. The highest BCUT2D eigenvalue weighted by molar-refractivity contribution is 5.73. The van der Waals surface area contributed by atoms with E-state index in [0.29, 0.717) is 16.7 Å². The fraction of sp³-hybridized carbons (Fsp3) is 0.429. The first kappa shape index (κ1) is 15.3. The molecule has 0 saturated carbocycles. The van der Waals surface area contributed by atoms with E-state index < -0.39 is 23.9 Å². The SMILES string of the molecule is CC(C)NC(CC(=O)O)C(O)c1ccc2[nH]c(=O)oc2c1. The van der Waals surface area contributed by atoms with Crippen molar-refractivity contribution in [1.29, 1.82) is 0 Å². The van der Waals surface area contributed by atoms with Crippen LogP contribution in [0.25, 0.3) is 11.1 Å². The fourth-order valence-corrected chi connectivity index (χ4v) is 2.26. The topological polar surface area (TPSA) is 116 Å². The number of aliphatic hydroxyl groups excluding tert-OH is 1. The second-order valence-corrected chi connectivity index (χ2v) is 5.24. The predicted molar refractivity (Wildman–Crippen MR) is 76.1 cm³/mol. The van der Waals surface area contributed by atoms with Crippen molar-refractivity contribution in [3.8, 4) is 0 Å². The van der Waals surface area contributed by atoms with Gasteiger partial charge >= 0.3 is 11.7 Å². The number of aromatic nitrogens is 1. The summed E-state index contributed by atoms with van der Waals surface area (Å²) in [6, 6.07) is 4.18. The second-order valence-electron chi connectivity index (χ2n) is 5.24. The number of hydrogen-bond acceptors (Lipinski definition) is 5. The van der Waals surface area contributed by atoms with Crippen LogP contribution in [0.5, 0.6) is 0 Å². The first-order valence-corrected chi connectivity index (χ1v) is 6.65. The number of benzene rings is 1. The zero-order valence-electron chi connectivity index (χ0n) is 11.8. The average molecular weight is 294 g/mol. The molecule has 0 bridgehead atoms. The lowest BCUT2D eigenvalue weighted by Gasteiger charge is -2.25. The first-order chi connectivity index (χ1) is 9.86. The highest BCUT2D eigenvalue weighted by atomic mass is 16.4. The van der Waals surface area contributed by atoms with Crippen molar-refractivity contribution in [2.75, 3.05) is 0 Å². The Bertz CT molecular complexity index is 688. The summed E-state index contributed by atoms with van der Waals surface area (Å²) in [5.41, 5.74) is 1.35. The Morgan fingerprint density at radius 1 is 1.43 bits per heavy atom. The van der Waals surface area contributed by atoms with E-state index in [0.717, 1.165) is 0 Å². The van der Waals surface area contributed by atoms with Gasteiger partial charge in [0, 0.05) is 12.1 Å². The molecule has 2 unspecified atom stereocenters. The van der Waals surface area contributed by atoms with Crippen LogP contribution in [0.1, 0.15) is 31.9 Å². The van der Waals surface area contributed by atoms with E-state index in [2.05, 4.69) is 10.3 Å². The summed E-state index contributed by atoms with van der Waals surface area (Å²) >= 11 is 0. The van der Waals surface area contributed by atoms with E-state index in [4.69, 9.17) is 9.52 Å². The zero-order chi connectivity index (χ0) is 15.6. The second kappa shape index (κ2) is 6.11. The summed E-state index contributed by atoms with van der Waals surface area (Å²) in [5, 5.41) is 22.4. The van der Waals surface area contributed by atoms with Gasteiger partial charge in [-0.2, -0.15) is 0 Å². The Balaban J connectivity index is 2.29. The van der Waals surface area contributed by atoms with Gasteiger partial charge in [0.1, 0.15) is 0 Å². The van der Waals surface area contributed by atoms with Crippen molar-refractivity contribution in [2.45, 2.75) is 38.5 Å². The minimum atomic E-state index is -1.02.